The van der Waals surface area contributed by atoms with Gasteiger partial charge in [0.2, 0.25) is 0 Å². The molecule has 37 heavy (non-hydrogen) atoms. The second kappa shape index (κ2) is 10.4. The summed E-state index contributed by atoms with van der Waals surface area (Å²) in [5.74, 6) is -2.17. The minimum absolute atomic E-state index is 0.133. The van der Waals surface area contributed by atoms with Gasteiger partial charge in [0.05, 0.1) is 18.7 Å². The van der Waals surface area contributed by atoms with Crippen molar-refractivity contribution >= 4 is 23.4 Å². The van der Waals surface area contributed by atoms with Crippen molar-refractivity contribution in [3.05, 3.63) is 99.8 Å². The maximum Gasteiger partial charge on any atom is 0.419 e. The molecule has 4 rings (SSSR count). The summed E-state index contributed by atoms with van der Waals surface area (Å²) in [7, 11) is 2.62. The van der Waals surface area contributed by atoms with Crippen molar-refractivity contribution in [2.75, 3.05) is 27.2 Å². The molecule has 5 nitrogen and oxygen atoms in total. The van der Waals surface area contributed by atoms with Gasteiger partial charge in [-0.05, 0) is 60.2 Å². The third kappa shape index (κ3) is 5.56. The summed E-state index contributed by atoms with van der Waals surface area (Å²) in [4.78, 5) is 29.5. The topological polar surface area (TPSA) is 49.9 Å². The first-order valence-corrected chi connectivity index (χ1v) is 11.7. The molecule has 1 heterocycles. The maximum absolute atomic E-state index is 13.5. The van der Waals surface area contributed by atoms with Crippen molar-refractivity contribution in [1.29, 1.82) is 0 Å². The molecule has 0 aromatic heterocycles. The van der Waals surface area contributed by atoms with E-state index in [1.165, 1.54) is 42.3 Å². The summed E-state index contributed by atoms with van der Waals surface area (Å²) in [6.45, 7) is 0.380. The van der Waals surface area contributed by atoms with Crippen LogP contribution in [-0.2, 0) is 6.18 Å². The lowest BCUT2D eigenvalue weighted by Crippen LogP contribution is -2.42. The summed E-state index contributed by atoms with van der Waals surface area (Å²) >= 11 is 6.03. The number of benzene rings is 3. The fourth-order valence-corrected chi connectivity index (χ4v) is 4.70. The van der Waals surface area contributed by atoms with Gasteiger partial charge in [-0.15, -0.1) is 0 Å². The first-order chi connectivity index (χ1) is 17.5. The quantitative estimate of drug-likeness (QED) is 0.384. The molecule has 3 aromatic carbocycles. The first-order valence-electron chi connectivity index (χ1n) is 11.3. The van der Waals surface area contributed by atoms with Crippen LogP contribution in [0.15, 0.2) is 66.7 Å². The number of hydrogen-bond donors (Lipinski definition) is 0. The molecule has 2 atom stereocenters. The monoisotopic (exact) mass is 534 g/mol. The summed E-state index contributed by atoms with van der Waals surface area (Å²) < 4.78 is 58.8. The number of nitrogens with zero attached hydrogens (tertiary/aromatic N) is 2. The fraction of sp³-hybridized carbons (Fsp3) is 0.259. The number of likely N-dealkylation sites (tertiary alicyclic amines) is 1. The Morgan fingerprint density at radius 2 is 1.59 bits per heavy atom. The van der Waals surface area contributed by atoms with Crippen molar-refractivity contribution in [3.63, 3.8) is 0 Å². The van der Waals surface area contributed by atoms with E-state index in [2.05, 4.69) is 0 Å². The normalized spacial score (nSPS) is 17.5. The van der Waals surface area contributed by atoms with Crippen LogP contribution in [0.2, 0.25) is 5.02 Å². The molecule has 1 aliphatic rings. The van der Waals surface area contributed by atoms with Gasteiger partial charge >= 0.3 is 6.18 Å². The molecule has 0 aliphatic carbocycles. The lowest BCUT2D eigenvalue weighted by atomic mass is 9.93. The molecule has 0 N–H and O–H groups in total. The summed E-state index contributed by atoms with van der Waals surface area (Å²) in [5, 5.41) is 0.514. The lowest BCUT2D eigenvalue weighted by Gasteiger charge is -2.29. The molecule has 2 amide bonds. The number of rotatable bonds is 5. The Morgan fingerprint density at radius 1 is 0.973 bits per heavy atom. The van der Waals surface area contributed by atoms with Crippen LogP contribution in [-0.4, -0.2) is 54.9 Å². The van der Waals surface area contributed by atoms with Gasteiger partial charge in [0, 0.05) is 42.2 Å². The van der Waals surface area contributed by atoms with Crippen LogP contribution in [0.5, 0.6) is 5.75 Å². The molecule has 10 heteroatoms. The van der Waals surface area contributed by atoms with Crippen molar-refractivity contribution in [1.82, 2.24) is 9.80 Å². The van der Waals surface area contributed by atoms with Crippen LogP contribution >= 0.6 is 11.6 Å². The average Bonchev–Trinajstić information content (AvgIpc) is 3.33. The Kier molecular flexibility index (Phi) is 7.45. The van der Waals surface area contributed by atoms with Crippen LogP contribution in [0.25, 0.3) is 0 Å². The van der Waals surface area contributed by atoms with Crippen LogP contribution in [0.1, 0.15) is 37.8 Å². The second-order valence-corrected chi connectivity index (χ2v) is 9.21. The van der Waals surface area contributed by atoms with E-state index >= 15 is 0 Å². The molecule has 0 radical (unpaired) electrons. The molecule has 1 saturated heterocycles. The van der Waals surface area contributed by atoms with Crippen molar-refractivity contribution in [2.24, 2.45) is 0 Å². The molecule has 0 bridgehead atoms. The highest BCUT2D eigenvalue weighted by atomic mass is 35.5. The third-order valence-electron chi connectivity index (χ3n) is 6.54. The summed E-state index contributed by atoms with van der Waals surface area (Å²) in [5.41, 5.74) is -0.109. The number of ether oxygens (including phenoxy) is 1. The SMILES string of the molecule is COc1ccc(C(=O)N(C)C2CN(C(=O)c3ccc(F)cc3)CC2c2ccc(Cl)cc2)cc1C(F)(F)F. The Labute approximate surface area is 216 Å². The van der Waals surface area contributed by atoms with Crippen molar-refractivity contribution in [3.8, 4) is 5.75 Å². The highest BCUT2D eigenvalue weighted by Crippen LogP contribution is 2.38. The van der Waals surface area contributed by atoms with E-state index in [4.69, 9.17) is 16.3 Å². The molecule has 2 unspecified atom stereocenters. The number of hydrogen-bond acceptors (Lipinski definition) is 3. The molecule has 1 aliphatic heterocycles. The average molecular weight is 535 g/mol. The van der Waals surface area contributed by atoms with Gasteiger partial charge in [-0.1, -0.05) is 23.7 Å². The van der Waals surface area contributed by atoms with Gasteiger partial charge in [-0.2, -0.15) is 13.2 Å². The number of alkyl halides is 3. The molecule has 194 valence electrons. The predicted octanol–water partition coefficient (Wildman–Crippen LogP) is 5.89. The van der Waals surface area contributed by atoms with Gasteiger partial charge in [-0.25, -0.2) is 4.39 Å². The number of carbonyl (C=O) groups is 2. The van der Waals surface area contributed by atoms with Gasteiger partial charge < -0.3 is 14.5 Å². The standard InChI is InChI=1S/C27H23ClF4N2O3/c1-33(25(35)18-7-12-24(37-2)22(13-18)27(30,31)32)23-15-34(26(36)17-5-10-20(29)11-6-17)14-21(23)16-3-8-19(28)9-4-16/h3-13,21,23H,14-15H2,1-2H3. The third-order valence-corrected chi connectivity index (χ3v) is 6.79. The van der Waals surface area contributed by atoms with Crippen LogP contribution in [0.4, 0.5) is 17.6 Å². The number of methoxy groups -OCH3 is 1. The van der Waals surface area contributed by atoms with E-state index in [0.717, 1.165) is 24.8 Å². The largest absolute Gasteiger partial charge is 0.496 e. The molecular weight excluding hydrogens is 512 g/mol. The van der Waals surface area contributed by atoms with E-state index in [1.54, 1.807) is 29.2 Å². The van der Waals surface area contributed by atoms with Crippen molar-refractivity contribution in [2.45, 2.75) is 18.1 Å². The highest BCUT2D eigenvalue weighted by molar-refractivity contribution is 6.30. The minimum Gasteiger partial charge on any atom is -0.496 e. The molecule has 1 fully saturated rings. The van der Waals surface area contributed by atoms with Crippen LogP contribution in [0, 0.1) is 5.82 Å². The number of amides is 2. The van der Waals surface area contributed by atoms with Crippen LogP contribution < -0.4 is 4.74 Å². The summed E-state index contributed by atoms with van der Waals surface area (Å²) in [6.07, 6.45) is -4.71. The molecule has 3 aromatic rings. The Morgan fingerprint density at radius 3 is 2.19 bits per heavy atom. The smallest absolute Gasteiger partial charge is 0.419 e. The zero-order chi connectivity index (χ0) is 26.9. The zero-order valence-corrected chi connectivity index (χ0v) is 20.7. The lowest BCUT2D eigenvalue weighted by molar-refractivity contribution is -0.138. The predicted molar refractivity (Wildman–Crippen MR) is 130 cm³/mol. The molecule has 0 saturated carbocycles. The van der Waals surface area contributed by atoms with Crippen LogP contribution in [0.3, 0.4) is 0 Å². The molecule has 0 spiro atoms. The summed E-state index contributed by atoms with van der Waals surface area (Å²) in [6, 6.07) is 14.7. The second-order valence-electron chi connectivity index (χ2n) is 8.77. The van der Waals surface area contributed by atoms with E-state index in [9.17, 15) is 27.2 Å². The van der Waals surface area contributed by atoms with Gasteiger partial charge in [-0.3, -0.25) is 9.59 Å². The Balaban J connectivity index is 1.66. The van der Waals surface area contributed by atoms with E-state index in [0.29, 0.717) is 5.02 Å². The van der Waals surface area contributed by atoms with Crippen molar-refractivity contribution < 1.29 is 31.9 Å². The van der Waals surface area contributed by atoms with Gasteiger partial charge in [0.1, 0.15) is 11.6 Å². The van der Waals surface area contributed by atoms with E-state index < -0.39 is 29.5 Å². The minimum atomic E-state index is -4.71. The Bertz CT molecular complexity index is 1300. The maximum atomic E-state index is 13.5. The Hall–Kier alpha value is -3.59. The highest BCUT2D eigenvalue weighted by Gasteiger charge is 2.41. The van der Waals surface area contributed by atoms with Gasteiger partial charge in [0.25, 0.3) is 11.8 Å². The first kappa shape index (κ1) is 26.5. The van der Waals surface area contributed by atoms with E-state index in [1.807, 2.05) is 0 Å². The number of halogens is 5. The number of likely N-dealkylation sites (N-methyl/N-ethyl adjacent to an activating group) is 1. The zero-order valence-electron chi connectivity index (χ0n) is 19.9. The molecular formula is C27H23ClF4N2O3. The fourth-order valence-electron chi connectivity index (χ4n) is 4.57. The van der Waals surface area contributed by atoms with E-state index in [-0.39, 0.29) is 41.8 Å². The van der Waals surface area contributed by atoms with Gasteiger partial charge in [0.15, 0.2) is 0 Å². The number of carbonyl (C=O) groups excluding carboxylic acids is 2.